The molecule has 0 amide bonds. The van der Waals surface area contributed by atoms with Crippen LogP contribution in [0.3, 0.4) is 0 Å². The summed E-state index contributed by atoms with van der Waals surface area (Å²) in [6, 6.07) is 2.01. The van der Waals surface area contributed by atoms with E-state index in [4.69, 9.17) is 5.73 Å². The molecule has 0 unspecified atom stereocenters. The lowest BCUT2D eigenvalue weighted by molar-refractivity contribution is 0.500. The number of nitrogens with two attached hydrogens (primary N) is 1. The van der Waals surface area contributed by atoms with Crippen LogP contribution in [0, 0.1) is 11.6 Å². The molecule has 0 spiro atoms. The van der Waals surface area contributed by atoms with Crippen LogP contribution in [-0.4, -0.2) is 0 Å². The monoisotopic (exact) mass is 313 g/mol. The Kier molecular flexibility index (Phi) is 7.11. The molecule has 0 bridgehead atoms. The molecule has 0 heterocycles. The zero-order valence-electron chi connectivity index (χ0n) is 8.97. The molecule has 1 atom stereocenters. The molecule has 1 rings (SSSR count). The lowest BCUT2D eigenvalue weighted by Gasteiger charge is -2.14. The van der Waals surface area contributed by atoms with Crippen molar-refractivity contribution in [2.45, 2.75) is 32.2 Å². The van der Waals surface area contributed by atoms with Crippen LogP contribution < -0.4 is 5.73 Å². The molecular formula is C11H15BrClF2N. The van der Waals surface area contributed by atoms with Gasteiger partial charge >= 0.3 is 0 Å². The number of unbranched alkanes of at least 4 members (excludes halogenated alkanes) is 1. The van der Waals surface area contributed by atoms with Crippen LogP contribution in [0.2, 0.25) is 0 Å². The van der Waals surface area contributed by atoms with Crippen molar-refractivity contribution in [3.8, 4) is 0 Å². The summed E-state index contributed by atoms with van der Waals surface area (Å²) in [4.78, 5) is 0. The minimum Gasteiger partial charge on any atom is -0.324 e. The molecule has 5 heteroatoms. The van der Waals surface area contributed by atoms with E-state index >= 15 is 0 Å². The second kappa shape index (κ2) is 7.20. The summed E-state index contributed by atoms with van der Waals surface area (Å²) in [5, 5.41) is 0. The van der Waals surface area contributed by atoms with Crippen LogP contribution in [0.25, 0.3) is 0 Å². The average Bonchev–Trinajstić information content (AvgIpc) is 2.21. The van der Waals surface area contributed by atoms with Crippen LogP contribution in [0.4, 0.5) is 8.78 Å². The molecule has 0 saturated heterocycles. The van der Waals surface area contributed by atoms with Crippen molar-refractivity contribution in [3.63, 3.8) is 0 Å². The molecule has 1 aromatic rings. The van der Waals surface area contributed by atoms with Gasteiger partial charge in [0, 0.05) is 11.6 Å². The molecule has 1 nitrogen and oxygen atoms in total. The fourth-order valence-corrected chi connectivity index (χ4v) is 1.80. The first-order valence-corrected chi connectivity index (χ1v) is 5.76. The van der Waals surface area contributed by atoms with Gasteiger partial charge in [-0.3, -0.25) is 0 Å². The number of hydrogen-bond donors (Lipinski definition) is 1. The minimum atomic E-state index is -0.585. The molecule has 0 aliphatic carbocycles. The highest BCUT2D eigenvalue weighted by atomic mass is 79.9. The number of benzene rings is 1. The predicted molar refractivity (Wildman–Crippen MR) is 67.8 cm³/mol. The first-order chi connectivity index (χ1) is 7.07. The van der Waals surface area contributed by atoms with E-state index in [2.05, 4.69) is 15.9 Å². The van der Waals surface area contributed by atoms with Gasteiger partial charge in [-0.25, -0.2) is 8.78 Å². The van der Waals surface area contributed by atoms with Gasteiger partial charge in [0.15, 0.2) is 0 Å². The Balaban J connectivity index is 0.00000225. The van der Waals surface area contributed by atoms with Crippen molar-refractivity contribution >= 4 is 28.3 Å². The molecule has 0 aliphatic heterocycles. The molecule has 0 aliphatic rings. The fourth-order valence-electron chi connectivity index (χ4n) is 1.45. The van der Waals surface area contributed by atoms with Gasteiger partial charge in [-0.05, 0) is 34.5 Å². The van der Waals surface area contributed by atoms with Crippen molar-refractivity contribution in [2.75, 3.05) is 0 Å². The van der Waals surface area contributed by atoms with E-state index in [1.807, 2.05) is 6.92 Å². The third kappa shape index (κ3) is 3.68. The topological polar surface area (TPSA) is 26.0 Å². The van der Waals surface area contributed by atoms with E-state index in [9.17, 15) is 8.78 Å². The van der Waals surface area contributed by atoms with Crippen molar-refractivity contribution in [1.82, 2.24) is 0 Å². The van der Waals surface area contributed by atoms with Crippen molar-refractivity contribution in [1.29, 1.82) is 0 Å². The predicted octanol–water partition coefficient (Wildman–Crippen LogP) is 4.34. The summed E-state index contributed by atoms with van der Waals surface area (Å²) in [5.41, 5.74) is 5.73. The van der Waals surface area contributed by atoms with Gasteiger partial charge in [0.2, 0.25) is 0 Å². The molecule has 0 aromatic heterocycles. The molecule has 0 saturated carbocycles. The lowest BCUT2D eigenvalue weighted by Crippen LogP contribution is -2.14. The van der Waals surface area contributed by atoms with Crippen LogP contribution >= 0.6 is 28.3 Å². The van der Waals surface area contributed by atoms with Gasteiger partial charge in [-0.1, -0.05) is 19.8 Å². The number of hydrogen-bond acceptors (Lipinski definition) is 1. The summed E-state index contributed by atoms with van der Waals surface area (Å²) >= 11 is 3.02. The summed E-state index contributed by atoms with van der Waals surface area (Å²) in [6.45, 7) is 2.01. The van der Waals surface area contributed by atoms with Crippen LogP contribution in [-0.2, 0) is 0 Å². The standard InChI is InChI=1S/C11H14BrF2N.ClH/c1-2-3-4-9(15)10-8(13)6-5-7(12)11(10)14;/h5-6,9H,2-4,15H2,1H3;1H/t9-;/m0./s1. The Morgan fingerprint density at radius 2 is 2.00 bits per heavy atom. The SMILES string of the molecule is CCCC[C@H](N)c1c(F)ccc(Br)c1F.Cl. The van der Waals surface area contributed by atoms with Crippen LogP contribution in [0.15, 0.2) is 16.6 Å². The lowest BCUT2D eigenvalue weighted by atomic mass is 10.0. The summed E-state index contributed by atoms with van der Waals surface area (Å²) in [7, 11) is 0. The summed E-state index contributed by atoms with van der Waals surface area (Å²) in [5.74, 6) is -1.15. The van der Waals surface area contributed by atoms with Gasteiger partial charge in [0.25, 0.3) is 0 Å². The van der Waals surface area contributed by atoms with Crippen LogP contribution in [0.1, 0.15) is 37.8 Å². The first kappa shape index (κ1) is 15.8. The molecule has 92 valence electrons. The minimum absolute atomic E-state index is 0. The number of halogens is 4. The Hall–Kier alpha value is -0.190. The van der Waals surface area contributed by atoms with Gasteiger partial charge in [-0.15, -0.1) is 12.4 Å². The summed E-state index contributed by atoms with van der Waals surface area (Å²) in [6.07, 6.45) is 2.43. The smallest absolute Gasteiger partial charge is 0.145 e. The normalized spacial score (nSPS) is 12.1. The highest BCUT2D eigenvalue weighted by Gasteiger charge is 2.18. The molecular weight excluding hydrogens is 299 g/mol. The Morgan fingerprint density at radius 1 is 1.38 bits per heavy atom. The summed E-state index contributed by atoms with van der Waals surface area (Å²) < 4.78 is 27.2. The second-order valence-electron chi connectivity index (χ2n) is 3.51. The maximum Gasteiger partial charge on any atom is 0.145 e. The maximum atomic E-state index is 13.6. The molecule has 1 aromatic carbocycles. The van der Waals surface area contributed by atoms with Gasteiger partial charge < -0.3 is 5.73 Å². The first-order valence-electron chi connectivity index (χ1n) is 4.96. The largest absolute Gasteiger partial charge is 0.324 e. The van der Waals surface area contributed by atoms with Gasteiger partial charge in [-0.2, -0.15) is 0 Å². The van der Waals surface area contributed by atoms with E-state index in [1.165, 1.54) is 12.1 Å². The second-order valence-corrected chi connectivity index (χ2v) is 4.36. The maximum absolute atomic E-state index is 13.6. The van der Waals surface area contributed by atoms with Crippen molar-refractivity contribution in [2.24, 2.45) is 5.73 Å². The van der Waals surface area contributed by atoms with E-state index in [0.29, 0.717) is 6.42 Å². The highest BCUT2D eigenvalue weighted by molar-refractivity contribution is 9.10. The molecule has 2 N–H and O–H groups in total. The fraction of sp³-hybridized carbons (Fsp3) is 0.455. The van der Waals surface area contributed by atoms with Gasteiger partial charge in [0.05, 0.1) is 4.47 Å². The zero-order valence-corrected chi connectivity index (χ0v) is 11.4. The van der Waals surface area contributed by atoms with E-state index in [0.717, 1.165) is 12.8 Å². The zero-order chi connectivity index (χ0) is 11.4. The molecule has 16 heavy (non-hydrogen) atoms. The molecule has 0 fully saturated rings. The van der Waals surface area contributed by atoms with Gasteiger partial charge in [0.1, 0.15) is 11.6 Å². The Labute approximate surface area is 109 Å². The quantitative estimate of drug-likeness (QED) is 0.822. The van der Waals surface area contributed by atoms with Crippen LogP contribution in [0.5, 0.6) is 0 Å². The average molecular weight is 315 g/mol. The van der Waals surface area contributed by atoms with Crippen molar-refractivity contribution < 1.29 is 8.78 Å². The Morgan fingerprint density at radius 3 is 2.56 bits per heavy atom. The third-order valence-electron chi connectivity index (χ3n) is 2.32. The van der Waals surface area contributed by atoms with E-state index in [1.54, 1.807) is 0 Å². The number of rotatable bonds is 4. The Bertz CT molecular complexity index is 347. The molecule has 0 radical (unpaired) electrons. The van der Waals surface area contributed by atoms with E-state index < -0.39 is 17.7 Å². The third-order valence-corrected chi connectivity index (χ3v) is 2.93. The highest BCUT2D eigenvalue weighted by Crippen LogP contribution is 2.27. The van der Waals surface area contributed by atoms with E-state index in [-0.39, 0.29) is 22.4 Å². The van der Waals surface area contributed by atoms with Crippen molar-refractivity contribution in [3.05, 3.63) is 33.8 Å².